The van der Waals surface area contributed by atoms with Gasteiger partial charge in [-0.05, 0) is 6.07 Å². The molecule has 12 nitrogen and oxygen atoms in total. The van der Waals surface area contributed by atoms with Crippen LogP contribution in [0.15, 0.2) is 40.2 Å². The zero-order valence-electron chi connectivity index (χ0n) is 12.5. The van der Waals surface area contributed by atoms with Crippen molar-refractivity contribution in [2.75, 3.05) is 0 Å². The Morgan fingerprint density at radius 1 is 1.00 bits per heavy atom. The van der Waals surface area contributed by atoms with Crippen LogP contribution in [0.5, 0.6) is 11.5 Å². The van der Waals surface area contributed by atoms with Gasteiger partial charge in [-0.3, -0.25) is 29.8 Å². The van der Waals surface area contributed by atoms with Gasteiger partial charge in [-0.15, -0.1) is 0 Å². The number of phenols is 2. The molecule has 0 saturated heterocycles. The third-order valence-electron chi connectivity index (χ3n) is 3.09. The monoisotopic (exact) mass is 383 g/mol. The largest absolute Gasteiger partial charge is 0.507 e. The van der Waals surface area contributed by atoms with E-state index in [1.54, 1.807) is 0 Å². The van der Waals surface area contributed by atoms with Crippen molar-refractivity contribution < 1.29 is 33.0 Å². The first-order valence-electron chi connectivity index (χ1n) is 6.51. The van der Waals surface area contributed by atoms with E-state index in [2.05, 4.69) is 4.99 Å². The van der Waals surface area contributed by atoms with E-state index in [9.17, 15) is 38.9 Å². The summed E-state index contributed by atoms with van der Waals surface area (Å²) in [4.78, 5) is 22.4. The Morgan fingerprint density at radius 2 is 1.62 bits per heavy atom. The van der Waals surface area contributed by atoms with Gasteiger partial charge in [-0.1, -0.05) is 0 Å². The molecule has 0 atom stereocenters. The highest BCUT2D eigenvalue weighted by molar-refractivity contribution is 7.86. The van der Waals surface area contributed by atoms with Crippen LogP contribution in [-0.2, 0) is 10.1 Å². The number of nitro benzene ring substituents is 2. The van der Waals surface area contributed by atoms with Crippen molar-refractivity contribution in [3.8, 4) is 11.5 Å². The number of aliphatic imine (C=N–C) groups is 1. The second-order valence-corrected chi connectivity index (χ2v) is 6.19. The summed E-state index contributed by atoms with van der Waals surface area (Å²) in [7, 11) is -4.99. The molecule has 2 aromatic carbocycles. The van der Waals surface area contributed by atoms with Gasteiger partial charge in [0.15, 0.2) is 5.75 Å². The quantitative estimate of drug-likeness (QED) is 0.299. The van der Waals surface area contributed by atoms with Crippen molar-refractivity contribution >= 4 is 33.4 Å². The number of nitrogens with zero attached hydrogens (tertiary/aromatic N) is 3. The summed E-state index contributed by atoms with van der Waals surface area (Å²) in [5.74, 6) is -1.49. The van der Waals surface area contributed by atoms with E-state index in [1.807, 2.05) is 0 Å². The molecule has 3 N–H and O–H groups in total. The van der Waals surface area contributed by atoms with E-state index in [1.165, 1.54) is 0 Å². The fourth-order valence-electron chi connectivity index (χ4n) is 1.88. The molecule has 0 heterocycles. The lowest BCUT2D eigenvalue weighted by atomic mass is 10.2. The second-order valence-electron chi connectivity index (χ2n) is 4.80. The summed E-state index contributed by atoms with van der Waals surface area (Å²) < 4.78 is 31.5. The van der Waals surface area contributed by atoms with Crippen LogP contribution < -0.4 is 0 Å². The fraction of sp³-hybridized carbons (Fsp3) is 0. The predicted octanol–water partition coefficient (Wildman–Crippen LogP) is 1.91. The van der Waals surface area contributed by atoms with Crippen molar-refractivity contribution in [3.05, 3.63) is 56.1 Å². The van der Waals surface area contributed by atoms with Crippen LogP contribution in [0.3, 0.4) is 0 Å². The van der Waals surface area contributed by atoms with Gasteiger partial charge < -0.3 is 10.2 Å². The molecule has 0 aliphatic rings. The Morgan fingerprint density at radius 3 is 2.15 bits per heavy atom. The number of non-ortho nitro benzene ring substituents is 2. The van der Waals surface area contributed by atoms with Crippen molar-refractivity contribution in [2.45, 2.75) is 4.90 Å². The molecule has 136 valence electrons. The SMILES string of the molecule is O=[N+]([O-])c1ccc(O)c(C=Nc2cc([N+](=O)[O-])cc(S(=O)(=O)O)c2O)c1. The molecule has 0 spiro atoms. The Balaban J connectivity index is 2.61. The van der Waals surface area contributed by atoms with Crippen LogP contribution in [0.2, 0.25) is 0 Å². The molecule has 0 fully saturated rings. The summed E-state index contributed by atoms with van der Waals surface area (Å²) in [5, 5.41) is 41.2. The molecule has 0 aromatic heterocycles. The normalized spacial score (nSPS) is 11.6. The number of hydrogen-bond donors (Lipinski definition) is 3. The van der Waals surface area contributed by atoms with Gasteiger partial charge in [0.1, 0.15) is 16.3 Å². The first-order valence-corrected chi connectivity index (χ1v) is 7.95. The van der Waals surface area contributed by atoms with Crippen molar-refractivity contribution in [1.82, 2.24) is 0 Å². The highest BCUT2D eigenvalue weighted by Gasteiger charge is 2.23. The Labute approximate surface area is 144 Å². The standard InChI is InChI=1S/C13H9N3O9S/c17-11-2-1-8(15(19)20)3-7(11)6-14-10-4-9(16(21)22)5-12(13(10)18)26(23,24)25/h1-6,17-18H,(H,23,24,25). The van der Waals surface area contributed by atoms with E-state index >= 15 is 0 Å². The molecule has 2 rings (SSSR count). The van der Waals surface area contributed by atoms with Gasteiger partial charge in [0, 0.05) is 36.0 Å². The van der Waals surface area contributed by atoms with Crippen LogP contribution in [0.25, 0.3) is 0 Å². The van der Waals surface area contributed by atoms with E-state index in [0.717, 1.165) is 30.5 Å². The van der Waals surface area contributed by atoms with Crippen LogP contribution in [0.4, 0.5) is 17.1 Å². The minimum atomic E-state index is -4.99. The van der Waals surface area contributed by atoms with Crippen molar-refractivity contribution in [2.24, 2.45) is 4.99 Å². The van der Waals surface area contributed by atoms with Gasteiger partial charge >= 0.3 is 0 Å². The molecule has 0 unspecified atom stereocenters. The van der Waals surface area contributed by atoms with Crippen LogP contribution in [0, 0.1) is 20.2 Å². The highest BCUT2D eigenvalue weighted by atomic mass is 32.2. The van der Waals surface area contributed by atoms with E-state index in [0.29, 0.717) is 6.07 Å². The molecule has 26 heavy (non-hydrogen) atoms. The fourth-order valence-corrected chi connectivity index (χ4v) is 2.50. The molecule has 0 aliphatic carbocycles. The zero-order chi connectivity index (χ0) is 19.6. The molecule has 0 amide bonds. The van der Waals surface area contributed by atoms with Crippen LogP contribution in [0.1, 0.15) is 5.56 Å². The van der Waals surface area contributed by atoms with Gasteiger partial charge in [0.2, 0.25) is 0 Å². The van der Waals surface area contributed by atoms with E-state index in [4.69, 9.17) is 4.55 Å². The number of phenolic OH excluding ortho intramolecular Hbond substituents is 2. The summed E-state index contributed by atoms with van der Waals surface area (Å²) in [5.41, 5.74) is -1.95. The lowest BCUT2D eigenvalue weighted by molar-refractivity contribution is -0.385. The van der Waals surface area contributed by atoms with E-state index in [-0.39, 0.29) is 11.3 Å². The summed E-state index contributed by atoms with van der Waals surface area (Å²) in [6.07, 6.45) is 0.828. The smallest absolute Gasteiger partial charge is 0.298 e. The van der Waals surface area contributed by atoms with Crippen LogP contribution >= 0.6 is 0 Å². The topological polar surface area (TPSA) is 193 Å². The Kier molecular flexibility index (Phi) is 4.86. The number of benzene rings is 2. The average Bonchev–Trinajstić information content (AvgIpc) is 2.53. The number of nitro groups is 2. The summed E-state index contributed by atoms with van der Waals surface area (Å²) in [6.45, 7) is 0. The molecule has 2 aromatic rings. The Bertz CT molecular complexity index is 1050. The average molecular weight is 383 g/mol. The number of hydrogen-bond acceptors (Lipinski definition) is 9. The second kappa shape index (κ2) is 6.73. The summed E-state index contributed by atoms with van der Waals surface area (Å²) in [6, 6.07) is 4.13. The lowest BCUT2D eigenvalue weighted by Gasteiger charge is -2.05. The first kappa shape index (κ1) is 18.8. The highest BCUT2D eigenvalue weighted by Crippen LogP contribution is 2.37. The van der Waals surface area contributed by atoms with Gasteiger partial charge in [0.25, 0.3) is 21.5 Å². The first-order chi connectivity index (χ1) is 12.0. The molecule has 0 radical (unpaired) electrons. The maximum atomic E-state index is 11.2. The molecule has 0 bridgehead atoms. The number of rotatable bonds is 5. The van der Waals surface area contributed by atoms with E-state index < -0.39 is 47.7 Å². The predicted molar refractivity (Wildman–Crippen MR) is 86.6 cm³/mol. The molecular formula is C13H9N3O9S. The summed E-state index contributed by atoms with van der Waals surface area (Å²) >= 11 is 0. The minimum Gasteiger partial charge on any atom is -0.507 e. The minimum absolute atomic E-state index is 0.168. The maximum absolute atomic E-state index is 11.2. The van der Waals surface area contributed by atoms with Crippen molar-refractivity contribution in [3.63, 3.8) is 0 Å². The Hall–Kier alpha value is -3.58. The van der Waals surface area contributed by atoms with Gasteiger partial charge in [-0.25, -0.2) is 0 Å². The third kappa shape index (κ3) is 3.90. The lowest BCUT2D eigenvalue weighted by Crippen LogP contribution is -2.00. The molecular weight excluding hydrogens is 374 g/mol. The van der Waals surface area contributed by atoms with Crippen LogP contribution in [-0.4, -0.2) is 39.2 Å². The van der Waals surface area contributed by atoms with Gasteiger partial charge in [0.05, 0.1) is 9.85 Å². The molecule has 0 saturated carbocycles. The third-order valence-corrected chi connectivity index (χ3v) is 3.96. The van der Waals surface area contributed by atoms with Crippen molar-refractivity contribution in [1.29, 1.82) is 0 Å². The molecule has 13 heteroatoms. The van der Waals surface area contributed by atoms with Gasteiger partial charge in [-0.2, -0.15) is 8.42 Å². The number of aromatic hydroxyl groups is 2. The molecule has 0 aliphatic heterocycles. The maximum Gasteiger partial charge on any atom is 0.298 e. The zero-order valence-corrected chi connectivity index (χ0v) is 13.3.